The monoisotopic (exact) mass is 285 g/mol. The summed E-state index contributed by atoms with van der Waals surface area (Å²) in [5, 5.41) is 2.92. The lowest BCUT2D eigenvalue weighted by Crippen LogP contribution is -2.34. The van der Waals surface area contributed by atoms with Crippen molar-refractivity contribution in [2.24, 2.45) is 11.7 Å². The number of pyridine rings is 1. The Morgan fingerprint density at radius 2 is 2.29 bits per heavy atom. The van der Waals surface area contributed by atoms with Crippen LogP contribution >= 0.6 is 0 Å². The molecule has 3 N–H and O–H groups in total. The van der Waals surface area contributed by atoms with Gasteiger partial charge in [-0.25, -0.2) is 9.97 Å². The lowest BCUT2D eigenvalue weighted by molar-refractivity contribution is -0.120. The van der Waals surface area contributed by atoms with E-state index >= 15 is 0 Å². The Kier molecular flexibility index (Phi) is 3.96. The van der Waals surface area contributed by atoms with E-state index < -0.39 is 0 Å². The zero-order chi connectivity index (χ0) is 14.7. The smallest absolute Gasteiger partial charge is 0.227 e. The topological polar surface area (TPSA) is 85.8 Å². The number of nitrogens with zero attached hydrogens (tertiary/aromatic N) is 3. The first-order valence-corrected chi connectivity index (χ1v) is 7.23. The SMILES string of the molecule is NC1CCCC(C(=O)Nc2ccc(-n3ccnc3)nc2)C1. The molecule has 0 spiro atoms. The van der Waals surface area contributed by atoms with Gasteiger partial charge in [0.15, 0.2) is 0 Å². The van der Waals surface area contributed by atoms with E-state index in [1.165, 1.54) is 0 Å². The van der Waals surface area contributed by atoms with Crippen molar-refractivity contribution in [1.29, 1.82) is 0 Å². The Morgan fingerprint density at radius 1 is 1.38 bits per heavy atom. The van der Waals surface area contributed by atoms with Crippen molar-refractivity contribution >= 4 is 11.6 Å². The zero-order valence-corrected chi connectivity index (χ0v) is 11.8. The molecule has 1 amide bonds. The number of nitrogens with two attached hydrogens (primary N) is 1. The molecule has 0 radical (unpaired) electrons. The summed E-state index contributed by atoms with van der Waals surface area (Å²) in [7, 11) is 0. The van der Waals surface area contributed by atoms with Gasteiger partial charge < -0.3 is 11.1 Å². The number of hydrogen-bond acceptors (Lipinski definition) is 4. The standard InChI is InChI=1S/C15H19N5O/c16-12-3-1-2-11(8-12)15(21)19-13-4-5-14(18-9-13)20-7-6-17-10-20/h4-7,9-12H,1-3,8,16H2,(H,19,21). The van der Waals surface area contributed by atoms with Crippen molar-refractivity contribution in [2.45, 2.75) is 31.7 Å². The van der Waals surface area contributed by atoms with Gasteiger partial charge in [0.2, 0.25) is 5.91 Å². The molecule has 1 aliphatic rings. The number of anilines is 1. The highest BCUT2D eigenvalue weighted by atomic mass is 16.1. The fraction of sp³-hybridized carbons (Fsp3) is 0.400. The summed E-state index contributed by atoms with van der Waals surface area (Å²) in [5.41, 5.74) is 6.64. The molecule has 0 bridgehead atoms. The fourth-order valence-corrected chi connectivity index (χ4v) is 2.72. The molecule has 1 saturated carbocycles. The van der Waals surface area contributed by atoms with Crippen LogP contribution in [0.4, 0.5) is 5.69 Å². The van der Waals surface area contributed by atoms with Gasteiger partial charge in [-0.15, -0.1) is 0 Å². The van der Waals surface area contributed by atoms with Crippen LogP contribution in [0.3, 0.4) is 0 Å². The highest BCUT2D eigenvalue weighted by Gasteiger charge is 2.25. The normalized spacial score (nSPS) is 22.0. The third-order valence-corrected chi connectivity index (χ3v) is 3.87. The van der Waals surface area contributed by atoms with Crippen LogP contribution in [-0.4, -0.2) is 26.5 Å². The van der Waals surface area contributed by atoms with Crippen molar-refractivity contribution < 1.29 is 4.79 Å². The molecule has 3 rings (SSSR count). The lowest BCUT2D eigenvalue weighted by Gasteiger charge is -2.25. The molecule has 6 nitrogen and oxygen atoms in total. The number of hydrogen-bond donors (Lipinski definition) is 2. The van der Waals surface area contributed by atoms with E-state index in [4.69, 9.17) is 5.73 Å². The van der Waals surface area contributed by atoms with Crippen LogP contribution in [0, 0.1) is 5.92 Å². The number of carbonyl (C=O) groups excluding carboxylic acids is 1. The van der Waals surface area contributed by atoms with Crippen molar-refractivity contribution in [1.82, 2.24) is 14.5 Å². The summed E-state index contributed by atoms with van der Waals surface area (Å²) in [6.45, 7) is 0. The molecule has 2 unspecified atom stereocenters. The Balaban J connectivity index is 1.63. The lowest BCUT2D eigenvalue weighted by atomic mass is 9.85. The van der Waals surface area contributed by atoms with E-state index in [1.54, 1.807) is 18.7 Å². The van der Waals surface area contributed by atoms with Crippen molar-refractivity contribution in [3.05, 3.63) is 37.1 Å². The predicted octanol–water partition coefficient (Wildman–Crippen LogP) is 1.72. The molecule has 0 saturated heterocycles. The minimum atomic E-state index is 0.0158. The van der Waals surface area contributed by atoms with Gasteiger partial charge in [0.05, 0.1) is 11.9 Å². The molecular weight excluding hydrogens is 266 g/mol. The number of carbonyl (C=O) groups is 1. The van der Waals surface area contributed by atoms with Gasteiger partial charge in [0.25, 0.3) is 0 Å². The van der Waals surface area contributed by atoms with Gasteiger partial charge in [-0.1, -0.05) is 6.42 Å². The Bertz CT molecular complexity index is 593. The summed E-state index contributed by atoms with van der Waals surface area (Å²) in [4.78, 5) is 20.5. The molecule has 110 valence electrons. The second-order valence-electron chi connectivity index (χ2n) is 5.49. The number of nitrogens with one attached hydrogen (secondary N) is 1. The first-order valence-electron chi connectivity index (χ1n) is 7.23. The van der Waals surface area contributed by atoms with Gasteiger partial charge in [-0.05, 0) is 31.4 Å². The van der Waals surface area contributed by atoms with Crippen LogP contribution in [0.15, 0.2) is 37.1 Å². The average molecular weight is 285 g/mol. The van der Waals surface area contributed by atoms with Crippen LogP contribution in [0.1, 0.15) is 25.7 Å². The summed E-state index contributed by atoms with van der Waals surface area (Å²) in [5.74, 6) is 0.828. The minimum absolute atomic E-state index is 0.0158. The van der Waals surface area contributed by atoms with Crippen LogP contribution in [0.2, 0.25) is 0 Å². The number of rotatable bonds is 3. The van der Waals surface area contributed by atoms with Crippen LogP contribution in [0.25, 0.3) is 5.82 Å². The van der Waals surface area contributed by atoms with Gasteiger partial charge in [0, 0.05) is 24.4 Å². The quantitative estimate of drug-likeness (QED) is 0.899. The molecule has 1 fully saturated rings. The van der Waals surface area contributed by atoms with Crippen molar-refractivity contribution in [3.63, 3.8) is 0 Å². The van der Waals surface area contributed by atoms with Gasteiger partial charge in [-0.2, -0.15) is 0 Å². The number of aromatic nitrogens is 3. The first-order chi connectivity index (χ1) is 10.2. The predicted molar refractivity (Wildman–Crippen MR) is 79.9 cm³/mol. The van der Waals surface area contributed by atoms with Crippen molar-refractivity contribution in [3.8, 4) is 5.82 Å². The molecule has 0 aliphatic heterocycles. The second kappa shape index (κ2) is 6.05. The molecule has 2 atom stereocenters. The van der Waals surface area contributed by atoms with Gasteiger partial charge in [0.1, 0.15) is 12.1 Å². The molecule has 2 heterocycles. The molecular formula is C15H19N5O. The first kappa shape index (κ1) is 13.8. The summed E-state index contributed by atoms with van der Waals surface area (Å²) in [6, 6.07) is 3.85. The maximum atomic E-state index is 12.2. The minimum Gasteiger partial charge on any atom is -0.328 e. The molecule has 1 aliphatic carbocycles. The fourth-order valence-electron chi connectivity index (χ4n) is 2.72. The third-order valence-electron chi connectivity index (χ3n) is 3.87. The maximum Gasteiger partial charge on any atom is 0.227 e. The van der Waals surface area contributed by atoms with Crippen LogP contribution < -0.4 is 11.1 Å². The van der Waals surface area contributed by atoms with E-state index in [2.05, 4.69) is 15.3 Å². The number of imidazole rings is 1. The highest BCUT2D eigenvalue weighted by Crippen LogP contribution is 2.24. The van der Waals surface area contributed by atoms with Gasteiger partial charge >= 0.3 is 0 Å². The third kappa shape index (κ3) is 3.28. The van der Waals surface area contributed by atoms with Gasteiger partial charge in [-0.3, -0.25) is 9.36 Å². The van der Waals surface area contributed by atoms with E-state index in [1.807, 2.05) is 22.9 Å². The van der Waals surface area contributed by atoms with Crippen LogP contribution in [0.5, 0.6) is 0 Å². The average Bonchev–Trinajstić information content (AvgIpc) is 3.02. The Hall–Kier alpha value is -2.21. The summed E-state index contributed by atoms with van der Waals surface area (Å²) in [6.07, 6.45) is 10.6. The van der Waals surface area contributed by atoms with Crippen molar-refractivity contribution in [2.75, 3.05) is 5.32 Å². The maximum absolute atomic E-state index is 12.2. The van der Waals surface area contributed by atoms with E-state index in [0.717, 1.165) is 31.5 Å². The molecule has 2 aromatic rings. The second-order valence-corrected chi connectivity index (χ2v) is 5.49. The van der Waals surface area contributed by atoms with Crippen LogP contribution in [-0.2, 0) is 4.79 Å². The Morgan fingerprint density at radius 3 is 2.95 bits per heavy atom. The highest BCUT2D eigenvalue weighted by molar-refractivity contribution is 5.92. The molecule has 2 aromatic heterocycles. The number of amides is 1. The molecule has 0 aromatic carbocycles. The van der Waals surface area contributed by atoms with E-state index in [-0.39, 0.29) is 17.9 Å². The zero-order valence-electron chi connectivity index (χ0n) is 11.8. The molecule has 6 heteroatoms. The molecule has 21 heavy (non-hydrogen) atoms. The summed E-state index contributed by atoms with van der Waals surface area (Å²) >= 11 is 0. The summed E-state index contributed by atoms with van der Waals surface area (Å²) < 4.78 is 1.81. The van der Waals surface area contributed by atoms with E-state index in [9.17, 15) is 4.79 Å². The Labute approximate surface area is 123 Å². The largest absolute Gasteiger partial charge is 0.328 e. The van der Waals surface area contributed by atoms with E-state index in [0.29, 0.717) is 5.69 Å².